The van der Waals surface area contributed by atoms with Crippen LogP contribution in [0.3, 0.4) is 0 Å². The minimum absolute atomic E-state index is 0.148. The Morgan fingerprint density at radius 1 is 1.07 bits per heavy atom. The summed E-state index contributed by atoms with van der Waals surface area (Å²) in [5, 5.41) is 11.8. The molecule has 2 aromatic carbocycles. The fraction of sp³-hybridized carbons (Fsp3) is 0.318. The highest BCUT2D eigenvalue weighted by Crippen LogP contribution is 2.52. The fourth-order valence-corrected chi connectivity index (χ4v) is 4.13. The number of ether oxygens (including phenoxy) is 1. The zero-order valence-electron chi connectivity index (χ0n) is 15.8. The van der Waals surface area contributed by atoms with Gasteiger partial charge in [0.15, 0.2) is 6.23 Å². The first-order valence-corrected chi connectivity index (χ1v) is 9.67. The highest BCUT2D eigenvalue weighted by Gasteiger charge is 2.65. The lowest BCUT2D eigenvalue weighted by atomic mass is 9.74. The first-order valence-electron chi connectivity index (χ1n) is 9.67. The molecule has 2 aromatic rings. The highest BCUT2D eigenvalue weighted by molar-refractivity contribution is 6.03. The second-order valence-corrected chi connectivity index (χ2v) is 7.48. The number of carbonyl (C=O) groups excluding carboxylic acids is 2. The van der Waals surface area contributed by atoms with E-state index in [-0.39, 0.29) is 11.5 Å². The number of benzene rings is 2. The number of amides is 3. The first kappa shape index (κ1) is 19.0. The molecule has 1 saturated heterocycles. The summed E-state index contributed by atoms with van der Waals surface area (Å²) in [5.74, 6) is -0.795. The third-order valence-corrected chi connectivity index (χ3v) is 5.70. The summed E-state index contributed by atoms with van der Waals surface area (Å²) in [6.45, 7) is 0.316. The van der Waals surface area contributed by atoms with Gasteiger partial charge in [-0.3, -0.25) is 4.79 Å². The van der Waals surface area contributed by atoms with Gasteiger partial charge in [-0.2, -0.15) is 0 Å². The maximum Gasteiger partial charge on any atom is 0.335 e. The average Bonchev–Trinajstić information content (AvgIpc) is 3.26. The van der Waals surface area contributed by atoms with Gasteiger partial charge in [-0.05, 0) is 42.7 Å². The molecule has 0 aromatic heterocycles. The molecule has 4 rings (SSSR count). The second-order valence-electron chi connectivity index (χ2n) is 7.48. The number of hydrogen-bond donors (Lipinski definition) is 2. The Balaban J connectivity index is 1.50. The van der Waals surface area contributed by atoms with Gasteiger partial charge in [0.25, 0.3) is 0 Å². The van der Waals surface area contributed by atoms with Crippen LogP contribution in [-0.4, -0.2) is 34.1 Å². The first-order chi connectivity index (χ1) is 14.0. The topological polar surface area (TPSA) is 95.9 Å². The number of β-lactam (4-membered cyclic amide) rings is 1. The van der Waals surface area contributed by atoms with Crippen molar-refractivity contribution >= 4 is 17.9 Å². The van der Waals surface area contributed by atoms with Crippen molar-refractivity contribution in [3.05, 3.63) is 65.7 Å². The van der Waals surface area contributed by atoms with Gasteiger partial charge < -0.3 is 15.2 Å². The number of hydrogen-bond acceptors (Lipinski definition) is 4. The number of nitrogens with zero attached hydrogens (tertiary/aromatic N) is 1. The maximum absolute atomic E-state index is 12.9. The van der Waals surface area contributed by atoms with Crippen LogP contribution in [-0.2, 0) is 11.3 Å². The minimum atomic E-state index is -1.02. The normalized spacial score (nSPS) is 19.7. The summed E-state index contributed by atoms with van der Waals surface area (Å²) < 4.78 is 6.03. The molecule has 29 heavy (non-hydrogen) atoms. The van der Waals surface area contributed by atoms with E-state index in [0.29, 0.717) is 25.1 Å². The number of urea groups is 1. The van der Waals surface area contributed by atoms with Crippen molar-refractivity contribution in [1.29, 1.82) is 0 Å². The number of imide groups is 1. The molecule has 7 heteroatoms. The Bertz CT molecular complexity index is 920. The van der Waals surface area contributed by atoms with Crippen molar-refractivity contribution in [2.45, 2.75) is 38.5 Å². The van der Waals surface area contributed by atoms with Gasteiger partial charge >= 0.3 is 12.0 Å². The van der Waals surface area contributed by atoms with Crippen molar-refractivity contribution in [2.24, 2.45) is 5.41 Å². The van der Waals surface area contributed by atoms with E-state index in [1.54, 1.807) is 12.1 Å². The van der Waals surface area contributed by atoms with E-state index < -0.39 is 23.6 Å². The molecule has 0 radical (unpaired) electrons. The van der Waals surface area contributed by atoms with Gasteiger partial charge in [-0.25, -0.2) is 14.5 Å². The summed E-state index contributed by atoms with van der Waals surface area (Å²) in [4.78, 5) is 37.8. The van der Waals surface area contributed by atoms with Crippen LogP contribution < -0.4 is 10.1 Å². The average molecular weight is 394 g/mol. The monoisotopic (exact) mass is 394 g/mol. The second kappa shape index (κ2) is 7.58. The summed E-state index contributed by atoms with van der Waals surface area (Å²) in [7, 11) is 0. The van der Waals surface area contributed by atoms with Crippen LogP contribution in [0.4, 0.5) is 4.79 Å². The summed E-state index contributed by atoms with van der Waals surface area (Å²) in [5.41, 5.74) is 0.413. The summed E-state index contributed by atoms with van der Waals surface area (Å²) in [6, 6.07) is 15.0. The van der Waals surface area contributed by atoms with Crippen LogP contribution in [0.15, 0.2) is 54.6 Å². The number of likely N-dealkylation sites (tertiary alicyclic amines) is 1. The minimum Gasteiger partial charge on any atom is -0.478 e. The van der Waals surface area contributed by atoms with Crippen LogP contribution in [0.2, 0.25) is 0 Å². The quantitative estimate of drug-likeness (QED) is 0.758. The van der Waals surface area contributed by atoms with E-state index >= 15 is 0 Å². The predicted octanol–water partition coefficient (Wildman–Crippen LogP) is 3.40. The Morgan fingerprint density at radius 3 is 2.34 bits per heavy atom. The van der Waals surface area contributed by atoms with Gasteiger partial charge in [0.05, 0.1) is 5.56 Å². The van der Waals surface area contributed by atoms with Crippen molar-refractivity contribution in [2.75, 3.05) is 0 Å². The molecule has 1 spiro atoms. The molecule has 2 fully saturated rings. The predicted molar refractivity (Wildman–Crippen MR) is 104 cm³/mol. The standard InChI is InChI=1S/C22H22N2O5/c25-18(26)16-8-10-17(11-9-16)29-20-22(12-4-5-13-22)19(27)24(20)21(28)23-14-15-6-2-1-3-7-15/h1-3,6-11,20H,4-5,12-14H2,(H,23,28)(H,25,26). The zero-order chi connectivity index (χ0) is 20.4. The molecule has 1 unspecified atom stereocenters. The van der Waals surface area contributed by atoms with Gasteiger partial charge in [0.1, 0.15) is 11.2 Å². The molecule has 3 amide bonds. The molecule has 2 N–H and O–H groups in total. The Hall–Kier alpha value is -3.35. The number of rotatable bonds is 5. The molecular formula is C22H22N2O5. The van der Waals surface area contributed by atoms with Gasteiger partial charge in [-0.1, -0.05) is 43.2 Å². The van der Waals surface area contributed by atoms with Crippen LogP contribution in [0.5, 0.6) is 5.75 Å². The van der Waals surface area contributed by atoms with Crippen LogP contribution in [0.1, 0.15) is 41.6 Å². The van der Waals surface area contributed by atoms with Crippen molar-refractivity contribution < 1.29 is 24.2 Å². The largest absolute Gasteiger partial charge is 0.478 e. The SMILES string of the molecule is O=C(O)c1ccc(OC2N(C(=O)NCc3ccccc3)C(=O)C23CCCC3)cc1. The van der Waals surface area contributed by atoms with Crippen LogP contribution in [0, 0.1) is 5.41 Å². The fourth-order valence-electron chi connectivity index (χ4n) is 4.13. The van der Waals surface area contributed by atoms with Crippen molar-refractivity contribution in [1.82, 2.24) is 10.2 Å². The smallest absolute Gasteiger partial charge is 0.335 e. The van der Waals surface area contributed by atoms with E-state index in [1.165, 1.54) is 12.1 Å². The number of carbonyl (C=O) groups is 3. The molecule has 2 aliphatic rings. The lowest BCUT2D eigenvalue weighted by Gasteiger charge is -2.51. The molecule has 1 atom stereocenters. The van der Waals surface area contributed by atoms with Crippen LogP contribution >= 0.6 is 0 Å². The number of aromatic carboxylic acids is 1. The van der Waals surface area contributed by atoms with E-state index in [9.17, 15) is 14.4 Å². The van der Waals surface area contributed by atoms with Crippen molar-refractivity contribution in [3.8, 4) is 5.75 Å². The number of carboxylic acid groups (broad SMARTS) is 1. The third-order valence-electron chi connectivity index (χ3n) is 5.70. The Labute approximate surface area is 168 Å². The maximum atomic E-state index is 12.9. The van der Waals surface area contributed by atoms with Crippen molar-refractivity contribution in [3.63, 3.8) is 0 Å². The number of carboxylic acids is 1. The van der Waals surface area contributed by atoms with Gasteiger partial charge in [0.2, 0.25) is 5.91 Å². The Morgan fingerprint density at radius 2 is 1.72 bits per heavy atom. The zero-order valence-corrected chi connectivity index (χ0v) is 15.8. The van der Waals surface area contributed by atoms with E-state index in [2.05, 4.69) is 5.32 Å². The van der Waals surface area contributed by atoms with Crippen LogP contribution in [0.25, 0.3) is 0 Å². The molecule has 1 aliphatic carbocycles. The molecule has 1 aliphatic heterocycles. The van der Waals surface area contributed by atoms with E-state index in [4.69, 9.17) is 9.84 Å². The lowest BCUT2D eigenvalue weighted by Crippen LogP contribution is -2.73. The third kappa shape index (κ3) is 3.44. The lowest BCUT2D eigenvalue weighted by molar-refractivity contribution is -0.188. The molecule has 7 nitrogen and oxygen atoms in total. The molecule has 150 valence electrons. The number of nitrogens with one attached hydrogen (secondary N) is 1. The highest BCUT2D eigenvalue weighted by atomic mass is 16.5. The summed E-state index contributed by atoms with van der Waals surface area (Å²) in [6.07, 6.45) is 2.52. The van der Waals surface area contributed by atoms with Gasteiger partial charge in [-0.15, -0.1) is 0 Å². The van der Waals surface area contributed by atoms with E-state index in [0.717, 1.165) is 23.3 Å². The van der Waals surface area contributed by atoms with E-state index in [1.807, 2.05) is 30.3 Å². The molecule has 1 saturated carbocycles. The molecule has 0 bridgehead atoms. The van der Waals surface area contributed by atoms with Gasteiger partial charge in [0, 0.05) is 6.54 Å². The molecule has 1 heterocycles. The summed E-state index contributed by atoms with van der Waals surface area (Å²) >= 11 is 0. The Kier molecular flexibility index (Phi) is 4.96. The molecular weight excluding hydrogens is 372 g/mol.